The predicted octanol–water partition coefficient (Wildman–Crippen LogP) is 3.56. The fraction of sp³-hybridized carbons (Fsp3) is 0.143. The predicted molar refractivity (Wildman–Crippen MR) is 110 cm³/mol. The number of hydrogen-bond acceptors (Lipinski definition) is 7. The average molecular weight is 409 g/mol. The number of carbonyl (C=O) groups is 1. The molecule has 1 amide bonds. The molecule has 1 N–H and O–H groups in total. The summed E-state index contributed by atoms with van der Waals surface area (Å²) in [5.41, 5.74) is 3.75. The van der Waals surface area contributed by atoms with Crippen LogP contribution in [0.25, 0.3) is 11.3 Å². The first-order chi connectivity index (χ1) is 14.5. The molecule has 0 atom stereocenters. The molecule has 2 aromatic carbocycles. The fourth-order valence-electron chi connectivity index (χ4n) is 2.70. The number of benzene rings is 2. The Bertz CT molecular complexity index is 1070. The van der Waals surface area contributed by atoms with Gasteiger partial charge in [-0.3, -0.25) is 14.9 Å². The summed E-state index contributed by atoms with van der Waals surface area (Å²) in [6.45, 7) is 0. The molecular formula is C21H19N3O6. The van der Waals surface area contributed by atoms with Gasteiger partial charge >= 0.3 is 0 Å². The van der Waals surface area contributed by atoms with E-state index >= 15 is 0 Å². The van der Waals surface area contributed by atoms with Gasteiger partial charge < -0.3 is 13.9 Å². The molecule has 0 aliphatic heterocycles. The minimum atomic E-state index is -0.499. The molecule has 0 fully saturated rings. The van der Waals surface area contributed by atoms with E-state index in [1.807, 2.05) is 0 Å². The van der Waals surface area contributed by atoms with E-state index in [2.05, 4.69) is 10.5 Å². The van der Waals surface area contributed by atoms with Gasteiger partial charge in [-0.1, -0.05) is 12.1 Å². The Morgan fingerprint density at radius 3 is 2.57 bits per heavy atom. The van der Waals surface area contributed by atoms with Crippen molar-refractivity contribution < 1.29 is 23.6 Å². The molecular weight excluding hydrogens is 390 g/mol. The van der Waals surface area contributed by atoms with E-state index in [9.17, 15) is 14.9 Å². The quantitative estimate of drug-likeness (QED) is 0.345. The van der Waals surface area contributed by atoms with Crippen LogP contribution in [-0.2, 0) is 11.2 Å². The monoisotopic (exact) mass is 409 g/mol. The SMILES string of the molecule is COc1ccc(CC(=O)N/N=C\c2ccc(-c3ccc([N+](=O)[O-])cc3OC)o2)cc1. The maximum Gasteiger partial charge on any atom is 0.273 e. The molecule has 30 heavy (non-hydrogen) atoms. The summed E-state index contributed by atoms with van der Waals surface area (Å²) in [7, 11) is 3.00. The first kappa shape index (κ1) is 20.6. The maximum atomic E-state index is 12.0. The van der Waals surface area contributed by atoms with Gasteiger partial charge in [-0.05, 0) is 35.9 Å². The molecule has 0 saturated heterocycles. The van der Waals surface area contributed by atoms with Gasteiger partial charge in [-0.15, -0.1) is 0 Å². The summed E-state index contributed by atoms with van der Waals surface area (Å²) in [6, 6.07) is 14.8. The molecule has 9 heteroatoms. The van der Waals surface area contributed by atoms with Crippen LogP contribution in [0.5, 0.6) is 11.5 Å². The number of non-ortho nitro benzene ring substituents is 1. The topological polar surface area (TPSA) is 116 Å². The van der Waals surface area contributed by atoms with Crippen molar-refractivity contribution in [2.75, 3.05) is 14.2 Å². The summed E-state index contributed by atoms with van der Waals surface area (Å²) >= 11 is 0. The summed E-state index contributed by atoms with van der Waals surface area (Å²) in [4.78, 5) is 22.4. The summed E-state index contributed by atoms with van der Waals surface area (Å²) in [6.07, 6.45) is 1.54. The van der Waals surface area contributed by atoms with Crippen LogP contribution in [0.4, 0.5) is 5.69 Å². The number of ether oxygens (including phenoxy) is 2. The van der Waals surface area contributed by atoms with Crippen LogP contribution in [0.3, 0.4) is 0 Å². The number of amides is 1. The van der Waals surface area contributed by atoms with E-state index in [-0.39, 0.29) is 18.0 Å². The molecule has 0 radical (unpaired) electrons. The number of hydrazone groups is 1. The van der Waals surface area contributed by atoms with E-state index in [1.54, 1.807) is 49.6 Å². The normalized spacial score (nSPS) is 10.7. The van der Waals surface area contributed by atoms with Gasteiger partial charge in [0.05, 0.1) is 43.4 Å². The Morgan fingerprint density at radius 1 is 1.13 bits per heavy atom. The third kappa shape index (κ3) is 5.02. The van der Waals surface area contributed by atoms with Crippen molar-refractivity contribution in [3.05, 3.63) is 76.0 Å². The van der Waals surface area contributed by atoms with Crippen molar-refractivity contribution in [1.82, 2.24) is 5.43 Å². The zero-order valence-electron chi connectivity index (χ0n) is 16.3. The van der Waals surface area contributed by atoms with Crippen LogP contribution in [0.2, 0.25) is 0 Å². The van der Waals surface area contributed by atoms with E-state index in [1.165, 1.54) is 25.5 Å². The molecule has 9 nitrogen and oxygen atoms in total. The molecule has 1 heterocycles. The maximum absolute atomic E-state index is 12.0. The molecule has 0 aliphatic rings. The number of nitrogens with zero attached hydrogens (tertiary/aromatic N) is 2. The Kier molecular flexibility index (Phi) is 6.43. The van der Waals surface area contributed by atoms with Crippen molar-refractivity contribution in [3.8, 4) is 22.8 Å². The van der Waals surface area contributed by atoms with Crippen LogP contribution in [0.15, 0.2) is 64.1 Å². The second-order valence-electron chi connectivity index (χ2n) is 6.16. The van der Waals surface area contributed by atoms with Crippen molar-refractivity contribution >= 4 is 17.8 Å². The van der Waals surface area contributed by atoms with Gasteiger partial charge in [0, 0.05) is 6.07 Å². The number of nitro benzene ring substituents is 1. The minimum absolute atomic E-state index is 0.0801. The molecule has 0 saturated carbocycles. The zero-order valence-corrected chi connectivity index (χ0v) is 16.3. The molecule has 3 aromatic rings. The second kappa shape index (κ2) is 9.37. The summed E-state index contributed by atoms with van der Waals surface area (Å²) in [5, 5.41) is 14.8. The Labute approximate surface area is 172 Å². The number of furan rings is 1. The van der Waals surface area contributed by atoms with Crippen LogP contribution in [0, 0.1) is 10.1 Å². The van der Waals surface area contributed by atoms with Crippen molar-refractivity contribution in [2.24, 2.45) is 5.10 Å². The fourth-order valence-corrected chi connectivity index (χ4v) is 2.70. The van der Waals surface area contributed by atoms with Gasteiger partial charge in [0.2, 0.25) is 5.91 Å². The number of nitrogens with one attached hydrogen (secondary N) is 1. The van der Waals surface area contributed by atoms with Gasteiger partial charge in [0.25, 0.3) is 5.69 Å². The Morgan fingerprint density at radius 2 is 1.90 bits per heavy atom. The van der Waals surface area contributed by atoms with Crippen LogP contribution in [0.1, 0.15) is 11.3 Å². The first-order valence-corrected chi connectivity index (χ1v) is 8.87. The van der Waals surface area contributed by atoms with Crippen molar-refractivity contribution in [3.63, 3.8) is 0 Å². The van der Waals surface area contributed by atoms with Crippen LogP contribution in [-0.4, -0.2) is 31.3 Å². The highest BCUT2D eigenvalue weighted by molar-refractivity contribution is 5.82. The van der Waals surface area contributed by atoms with Gasteiger partial charge in [-0.25, -0.2) is 5.43 Å². The smallest absolute Gasteiger partial charge is 0.273 e. The Hall–Kier alpha value is -4.14. The Balaban J connectivity index is 1.63. The standard InChI is InChI=1S/C21H19N3O6/c1-28-16-6-3-14(4-7-16)11-21(25)23-22-13-17-8-10-19(30-17)18-9-5-15(24(26)27)12-20(18)29-2/h3-10,12-13H,11H2,1-2H3,(H,23,25)/b22-13-. The van der Waals surface area contributed by atoms with Crippen LogP contribution >= 0.6 is 0 Å². The summed E-state index contributed by atoms with van der Waals surface area (Å²) in [5.74, 6) is 1.61. The lowest BCUT2D eigenvalue weighted by molar-refractivity contribution is -0.384. The highest BCUT2D eigenvalue weighted by Gasteiger charge is 2.15. The molecule has 3 rings (SSSR count). The number of methoxy groups -OCH3 is 2. The van der Waals surface area contributed by atoms with E-state index < -0.39 is 4.92 Å². The minimum Gasteiger partial charge on any atom is -0.497 e. The molecule has 0 unspecified atom stereocenters. The highest BCUT2D eigenvalue weighted by Crippen LogP contribution is 2.34. The largest absolute Gasteiger partial charge is 0.497 e. The molecule has 0 bridgehead atoms. The number of carbonyl (C=O) groups excluding carboxylic acids is 1. The molecule has 0 aliphatic carbocycles. The molecule has 0 spiro atoms. The number of nitro groups is 1. The lowest BCUT2D eigenvalue weighted by Crippen LogP contribution is -2.19. The zero-order chi connectivity index (χ0) is 21.5. The molecule has 1 aromatic heterocycles. The summed E-state index contributed by atoms with van der Waals surface area (Å²) < 4.78 is 16.0. The third-order valence-corrected chi connectivity index (χ3v) is 4.19. The van der Waals surface area contributed by atoms with Crippen molar-refractivity contribution in [1.29, 1.82) is 0 Å². The highest BCUT2D eigenvalue weighted by atomic mass is 16.6. The average Bonchev–Trinajstić information content (AvgIpc) is 3.22. The lowest BCUT2D eigenvalue weighted by atomic mass is 10.1. The van der Waals surface area contributed by atoms with Gasteiger partial charge in [0.15, 0.2) is 0 Å². The third-order valence-electron chi connectivity index (χ3n) is 4.19. The number of hydrogen-bond donors (Lipinski definition) is 1. The van der Waals surface area contributed by atoms with Gasteiger partial charge in [-0.2, -0.15) is 5.10 Å². The van der Waals surface area contributed by atoms with E-state index in [0.29, 0.717) is 22.8 Å². The van der Waals surface area contributed by atoms with E-state index in [4.69, 9.17) is 13.9 Å². The molecule has 154 valence electrons. The second-order valence-corrected chi connectivity index (χ2v) is 6.16. The lowest BCUT2D eigenvalue weighted by Gasteiger charge is -2.05. The van der Waals surface area contributed by atoms with Crippen molar-refractivity contribution in [2.45, 2.75) is 6.42 Å². The van der Waals surface area contributed by atoms with Gasteiger partial charge in [0.1, 0.15) is 23.0 Å². The van der Waals surface area contributed by atoms with Crippen LogP contribution < -0.4 is 14.9 Å². The van der Waals surface area contributed by atoms with E-state index in [0.717, 1.165) is 11.3 Å². The number of rotatable bonds is 8. The first-order valence-electron chi connectivity index (χ1n) is 8.87.